The van der Waals surface area contributed by atoms with Crippen LogP contribution in [0.15, 0.2) is 89.9 Å². The molecule has 166 valence electrons. The summed E-state index contributed by atoms with van der Waals surface area (Å²) >= 11 is 1.92. The number of rotatable bonds is 5. The van der Waals surface area contributed by atoms with Gasteiger partial charge in [0.2, 0.25) is 5.75 Å². The van der Waals surface area contributed by atoms with Crippen LogP contribution in [0.4, 0.5) is 5.69 Å². The molecule has 4 aromatic rings. The van der Waals surface area contributed by atoms with Crippen molar-refractivity contribution in [2.75, 3.05) is 29.5 Å². The minimum atomic E-state index is -0.262. The van der Waals surface area contributed by atoms with Crippen molar-refractivity contribution < 1.29 is 4.74 Å². The van der Waals surface area contributed by atoms with Crippen LogP contribution in [0.2, 0.25) is 0 Å². The minimum absolute atomic E-state index is 0.262. The second-order valence-electron chi connectivity index (χ2n) is 8.00. The van der Waals surface area contributed by atoms with Gasteiger partial charge in [0.1, 0.15) is 11.4 Å². The standard InChI is InChI=1S/C27H25N3O2S/c1-20-7-11-23(12-8-20)30-27(31)26(25(19-28-30)29-15-17-33-18-16-29)32-24-13-9-22(10-14-24)21-5-3-2-4-6-21/h2-14,19H,15-18H2,1H3. The van der Waals surface area contributed by atoms with Gasteiger partial charge in [0.15, 0.2) is 0 Å². The summed E-state index contributed by atoms with van der Waals surface area (Å²) in [5.74, 6) is 2.98. The van der Waals surface area contributed by atoms with Gasteiger partial charge in [-0.15, -0.1) is 0 Å². The van der Waals surface area contributed by atoms with E-state index in [1.165, 1.54) is 4.68 Å². The highest BCUT2D eigenvalue weighted by Crippen LogP contribution is 2.31. The highest BCUT2D eigenvalue weighted by Gasteiger charge is 2.21. The molecule has 0 atom stereocenters. The molecule has 0 amide bonds. The van der Waals surface area contributed by atoms with Gasteiger partial charge in [0.05, 0.1) is 11.9 Å². The van der Waals surface area contributed by atoms with Gasteiger partial charge in [-0.05, 0) is 42.3 Å². The van der Waals surface area contributed by atoms with Crippen molar-refractivity contribution in [1.82, 2.24) is 9.78 Å². The minimum Gasteiger partial charge on any atom is -0.449 e. The van der Waals surface area contributed by atoms with Crippen molar-refractivity contribution >= 4 is 17.4 Å². The highest BCUT2D eigenvalue weighted by molar-refractivity contribution is 7.99. The monoisotopic (exact) mass is 455 g/mol. The summed E-state index contributed by atoms with van der Waals surface area (Å²) in [5.41, 5.74) is 4.57. The van der Waals surface area contributed by atoms with Crippen LogP contribution in [0.1, 0.15) is 5.56 Å². The molecule has 5 nitrogen and oxygen atoms in total. The number of aryl methyl sites for hydroxylation is 1. The molecule has 3 aromatic carbocycles. The summed E-state index contributed by atoms with van der Waals surface area (Å²) in [4.78, 5) is 15.7. The van der Waals surface area contributed by atoms with Gasteiger partial charge in [-0.3, -0.25) is 4.79 Å². The Morgan fingerprint density at radius 2 is 1.52 bits per heavy atom. The van der Waals surface area contributed by atoms with Crippen LogP contribution < -0.4 is 15.2 Å². The van der Waals surface area contributed by atoms with Crippen molar-refractivity contribution in [2.45, 2.75) is 6.92 Å². The average Bonchev–Trinajstić information content (AvgIpc) is 2.87. The predicted molar refractivity (Wildman–Crippen MR) is 136 cm³/mol. The van der Waals surface area contributed by atoms with Gasteiger partial charge in [-0.1, -0.05) is 60.2 Å². The molecule has 1 aromatic heterocycles. The molecule has 6 heteroatoms. The summed E-state index contributed by atoms with van der Waals surface area (Å²) in [6, 6.07) is 25.8. The lowest BCUT2D eigenvalue weighted by Crippen LogP contribution is -2.35. The number of anilines is 1. The second kappa shape index (κ2) is 9.55. The fourth-order valence-electron chi connectivity index (χ4n) is 3.89. The maximum absolute atomic E-state index is 13.6. The molecule has 0 unspecified atom stereocenters. The van der Waals surface area contributed by atoms with Gasteiger partial charge >= 0.3 is 5.56 Å². The molecular weight excluding hydrogens is 430 g/mol. The number of ether oxygens (including phenoxy) is 1. The molecule has 1 aliphatic heterocycles. The Morgan fingerprint density at radius 3 is 2.21 bits per heavy atom. The zero-order chi connectivity index (χ0) is 22.6. The van der Waals surface area contributed by atoms with Crippen LogP contribution in [-0.2, 0) is 0 Å². The van der Waals surface area contributed by atoms with Crippen molar-refractivity contribution in [3.05, 3.63) is 101 Å². The Labute approximate surface area is 197 Å². The third-order valence-corrected chi connectivity index (χ3v) is 6.67. The first-order chi connectivity index (χ1) is 16.2. The van der Waals surface area contributed by atoms with Crippen LogP contribution in [0, 0.1) is 6.92 Å². The number of aromatic nitrogens is 2. The number of hydrogen-bond acceptors (Lipinski definition) is 5. The summed E-state index contributed by atoms with van der Waals surface area (Å²) < 4.78 is 7.66. The maximum Gasteiger partial charge on any atom is 0.316 e. The van der Waals surface area contributed by atoms with Crippen LogP contribution >= 0.6 is 11.8 Å². The van der Waals surface area contributed by atoms with E-state index in [9.17, 15) is 4.79 Å². The molecule has 2 heterocycles. The molecule has 0 bridgehead atoms. The molecule has 1 saturated heterocycles. The molecule has 5 rings (SSSR count). The van der Waals surface area contributed by atoms with Crippen molar-refractivity contribution in [3.63, 3.8) is 0 Å². The maximum atomic E-state index is 13.6. The Hall–Kier alpha value is -3.51. The molecule has 0 spiro atoms. The number of nitrogens with zero attached hydrogens (tertiary/aromatic N) is 3. The Balaban J connectivity index is 1.53. The van der Waals surface area contributed by atoms with E-state index in [1.807, 2.05) is 85.4 Å². The van der Waals surface area contributed by atoms with Gasteiger partial charge in [0, 0.05) is 24.6 Å². The molecule has 0 radical (unpaired) electrons. The highest BCUT2D eigenvalue weighted by atomic mass is 32.2. The van der Waals surface area contributed by atoms with Gasteiger partial charge in [-0.2, -0.15) is 21.5 Å². The van der Waals surface area contributed by atoms with E-state index >= 15 is 0 Å². The number of benzene rings is 3. The van der Waals surface area contributed by atoms with E-state index < -0.39 is 0 Å². The summed E-state index contributed by atoms with van der Waals surface area (Å²) in [5, 5.41) is 4.49. The zero-order valence-electron chi connectivity index (χ0n) is 18.5. The lowest BCUT2D eigenvalue weighted by atomic mass is 10.1. The van der Waals surface area contributed by atoms with E-state index in [-0.39, 0.29) is 5.56 Å². The first kappa shape index (κ1) is 21.3. The quantitative estimate of drug-likeness (QED) is 0.395. The van der Waals surface area contributed by atoms with Crippen LogP contribution in [0.5, 0.6) is 11.5 Å². The molecular formula is C27H25N3O2S. The lowest BCUT2D eigenvalue weighted by molar-refractivity contribution is 0.467. The fraction of sp³-hybridized carbons (Fsp3) is 0.185. The van der Waals surface area contributed by atoms with E-state index in [2.05, 4.69) is 22.1 Å². The number of hydrogen-bond donors (Lipinski definition) is 0. The average molecular weight is 456 g/mol. The summed E-state index contributed by atoms with van der Waals surface area (Å²) in [6.07, 6.45) is 1.75. The Morgan fingerprint density at radius 1 is 0.848 bits per heavy atom. The predicted octanol–water partition coefficient (Wildman–Crippen LogP) is 5.55. The SMILES string of the molecule is Cc1ccc(-n2ncc(N3CCSCC3)c(Oc3ccc(-c4ccccc4)cc3)c2=O)cc1. The Bertz CT molecular complexity index is 1280. The third kappa shape index (κ3) is 4.66. The van der Waals surface area contributed by atoms with Gasteiger partial charge < -0.3 is 9.64 Å². The molecule has 0 saturated carbocycles. The van der Waals surface area contributed by atoms with Gasteiger partial charge in [0.25, 0.3) is 0 Å². The fourth-order valence-corrected chi connectivity index (χ4v) is 4.79. The van der Waals surface area contributed by atoms with Crippen molar-refractivity contribution in [1.29, 1.82) is 0 Å². The topological polar surface area (TPSA) is 47.4 Å². The van der Waals surface area contributed by atoms with E-state index in [4.69, 9.17) is 4.74 Å². The Kier molecular flexibility index (Phi) is 6.17. The van der Waals surface area contributed by atoms with Crippen molar-refractivity contribution in [2.24, 2.45) is 0 Å². The van der Waals surface area contributed by atoms with E-state index in [1.54, 1.807) is 6.20 Å². The zero-order valence-corrected chi connectivity index (χ0v) is 19.3. The summed E-state index contributed by atoms with van der Waals surface area (Å²) in [7, 11) is 0. The van der Waals surface area contributed by atoms with Gasteiger partial charge in [-0.25, -0.2) is 0 Å². The lowest BCUT2D eigenvalue weighted by Gasteiger charge is -2.29. The first-order valence-electron chi connectivity index (χ1n) is 11.0. The number of thioether (sulfide) groups is 1. The molecule has 0 aliphatic carbocycles. The smallest absolute Gasteiger partial charge is 0.316 e. The van der Waals surface area contributed by atoms with E-state index in [0.29, 0.717) is 11.5 Å². The molecule has 0 N–H and O–H groups in total. The second-order valence-corrected chi connectivity index (χ2v) is 9.23. The normalized spacial score (nSPS) is 13.7. The molecule has 1 fully saturated rings. The summed E-state index contributed by atoms with van der Waals surface area (Å²) in [6.45, 7) is 3.75. The van der Waals surface area contributed by atoms with Crippen LogP contribution in [-0.4, -0.2) is 34.4 Å². The van der Waals surface area contributed by atoms with Crippen LogP contribution in [0.3, 0.4) is 0 Å². The van der Waals surface area contributed by atoms with Crippen molar-refractivity contribution in [3.8, 4) is 28.3 Å². The third-order valence-electron chi connectivity index (χ3n) is 5.73. The molecule has 1 aliphatic rings. The van der Waals surface area contributed by atoms with E-state index in [0.717, 1.165) is 52.7 Å². The molecule has 33 heavy (non-hydrogen) atoms. The van der Waals surface area contributed by atoms with Crippen LogP contribution in [0.25, 0.3) is 16.8 Å². The largest absolute Gasteiger partial charge is 0.449 e. The first-order valence-corrected chi connectivity index (χ1v) is 12.2.